The van der Waals surface area contributed by atoms with Crippen LogP contribution >= 0.6 is 15.9 Å². The van der Waals surface area contributed by atoms with E-state index in [1.807, 2.05) is 24.3 Å². The maximum Gasteiger partial charge on any atom is 0.266 e. The van der Waals surface area contributed by atoms with Crippen molar-refractivity contribution >= 4 is 15.9 Å². The Hall–Kier alpha value is -2.06. The Kier molecular flexibility index (Phi) is 5.04. The summed E-state index contributed by atoms with van der Waals surface area (Å²) < 4.78 is 6.71. The third kappa shape index (κ3) is 3.58. The average molecular weight is 361 g/mol. The lowest BCUT2D eigenvalue weighted by molar-refractivity contribution is 0.272. The van der Waals surface area contributed by atoms with Crippen LogP contribution in [-0.2, 0) is 0 Å². The topological polar surface area (TPSA) is 65.9 Å². The van der Waals surface area contributed by atoms with Gasteiger partial charge in [0.15, 0.2) is 0 Å². The summed E-state index contributed by atoms with van der Waals surface area (Å²) in [5.41, 5.74) is 1.74. The van der Waals surface area contributed by atoms with Gasteiger partial charge in [-0.15, -0.1) is 0 Å². The standard InChI is InChI=1S/C17H17BrN2O2/c1-10(2)9-22-16-5-4-12(18)7-14(16)13-6-11(3)20-17(21)15(13)8-19/h4-7,10H,9H2,1-3H3,(H,20,21). The Bertz CT molecular complexity index is 788. The minimum absolute atomic E-state index is 0.0955. The molecule has 0 spiro atoms. The molecular formula is C17H17BrN2O2. The molecule has 0 bridgehead atoms. The van der Waals surface area contributed by atoms with Crippen LogP contribution in [-0.4, -0.2) is 11.6 Å². The normalized spacial score (nSPS) is 10.5. The Morgan fingerprint density at radius 3 is 2.68 bits per heavy atom. The molecule has 0 aliphatic heterocycles. The monoisotopic (exact) mass is 360 g/mol. The van der Waals surface area contributed by atoms with E-state index in [-0.39, 0.29) is 11.1 Å². The number of benzene rings is 1. The van der Waals surface area contributed by atoms with Gasteiger partial charge in [-0.2, -0.15) is 5.26 Å². The maximum atomic E-state index is 12.0. The highest BCUT2D eigenvalue weighted by Gasteiger charge is 2.15. The van der Waals surface area contributed by atoms with Gasteiger partial charge in [-0.1, -0.05) is 29.8 Å². The molecule has 2 rings (SSSR count). The highest BCUT2D eigenvalue weighted by atomic mass is 79.9. The zero-order valence-electron chi connectivity index (χ0n) is 12.7. The number of nitriles is 1. The molecule has 0 amide bonds. The van der Waals surface area contributed by atoms with E-state index in [0.29, 0.717) is 29.5 Å². The van der Waals surface area contributed by atoms with Crippen LogP contribution < -0.4 is 10.3 Å². The molecule has 22 heavy (non-hydrogen) atoms. The van der Waals surface area contributed by atoms with Crippen molar-refractivity contribution in [1.82, 2.24) is 4.98 Å². The van der Waals surface area contributed by atoms with Crippen LogP contribution in [0.5, 0.6) is 5.75 Å². The number of nitrogens with one attached hydrogen (secondary N) is 1. The first-order valence-electron chi connectivity index (χ1n) is 6.99. The van der Waals surface area contributed by atoms with Gasteiger partial charge in [0, 0.05) is 21.3 Å². The van der Waals surface area contributed by atoms with Gasteiger partial charge in [-0.05, 0) is 37.1 Å². The molecule has 0 saturated carbocycles. The molecule has 1 N–H and O–H groups in total. The minimum Gasteiger partial charge on any atom is -0.493 e. The zero-order valence-corrected chi connectivity index (χ0v) is 14.3. The highest BCUT2D eigenvalue weighted by molar-refractivity contribution is 9.10. The van der Waals surface area contributed by atoms with Crippen molar-refractivity contribution in [3.63, 3.8) is 0 Å². The van der Waals surface area contributed by atoms with Crippen LogP contribution in [0.3, 0.4) is 0 Å². The summed E-state index contributed by atoms with van der Waals surface area (Å²) in [5.74, 6) is 1.05. The van der Waals surface area contributed by atoms with Crippen LogP contribution in [0.15, 0.2) is 33.5 Å². The summed E-state index contributed by atoms with van der Waals surface area (Å²) in [5, 5.41) is 9.31. The lowest BCUT2D eigenvalue weighted by Crippen LogP contribution is -2.13. The Labute approximate surface area is 137 Å². The first-order valence-corrected chi connectivity index (χ1v) is 7.78. The maximum absolute atomic E-state index is 12.0. The second-order valence-electron chi connectivity index (χ2n) is 5.53. The van der Waals surface area contributed by atoms with Gasteiger partial charge >= 0.3 is 0 Å². The van der Waals surface area contributed by atoms with Crippen LogP contribution in [0, 0.1) is 24.2 Å². The molecule has 1 aromatic carbocycles. The number of aromatic amines is 1. The molecule has 1 aromatic heterocycles. The fourth-order valence-corrected chi connectivity index (χ4v) is 2.47. The number of hydrogen-bond donors (Lipinski definition) is 1. The quantitative estimate of drug-likeness (QED) is 0.895. The molecule has 0 atom stereocenters. The van der Waals surface area contributed by atoms with Gasteiger partial charge < -0.3 is 9.72 Å². The number of nitrogens with zero attached hydrogens (tertiary/aromatic N) is 1. The molecule has 1 heterocycles. The molecule has 0 radical (unpaired) electrons. The molecule has 0 aliphatic carbocycles. The molecule has 0 aliphatic rings. The number of aryl methyl sites for hydroxylation is 1. The van der Waals surface area contributed by atoms with E-state index in [1.165, 1.54) is 0 Å². The van der Waals surface area contributed by atoms with Crippen LogP contribution in [0.4, 0.5) is 0 Å². The summed E-state index contributed by atoms with van der Waals surface area (Å²) in [4.78, 5) is 14.7. The van der Waals surface area contributed by atoms with E-state index < -0.39 is 0 Å². The second-order valence-corrected chi connectivity index (χ2v) is 6.44. The summed E-state index contributed by atoms with van der Waals surface area (Å²) in [7, 11) is 0. The van der Waals surface area contributed by atoms with E-state index >= 15 is 0 Å². The first-order chi connectivity index (χ1) is 10.4. The Balaban J connectivity index is 2.64. The molecule has 114 valence electrons. The number of pyridine rings is 1. The van der Waals surface area contributed by atoms with E-state index in [9.17, 15) is 10.1 Å². The highest BCUT2D eigenvalue weighted by Crippen LogP contribution is 2.34. The Morgan fingerprint density at radius 1 is 1.32 bits per heavy atom. The van der Waals surface area contributed by atoms with Crippen molar-refractivity contribution in [3.8, 4) is 22.9 Å². The van der Waals surface area contributed by atoms with Crippen molar-refractivity contribution in [2.45, 2.75) is 20.8 Å². The number of hydrogen-bond acceptors (Lipinski definition) is 3. The number of H-pyrrole nitrogens is 1. The van der Waals surface area contributed by atoms with E-state index in [2.05, 4.69) is 34.8 Å². The summed E-state index contributed by atoms with van der Waals surface area (Å²) in [6.45, 7) is 6.49. The third-order valence-corrected chi connectivity index (χ3v) is 3.58. The van der Waals surface area contributed by atoms with Crippen molar-refractivity contribution in [2.24, 2.45) is 5.92 Å². The predicted molar refractivity (Wildman–Crippen MR) is 90.0 cm³/mol. The van der Waals surface area contributed by atoms with Gasteiger partial charge in [0.1, 0.15) is 17.4 Å². The van der Waals surface area contributed by atoms with Crippen LogP contribution in [0.25, 0.3) is 11.1 Å². The third-order valence-electron chi connectivity index (χ3n) is 3.08. The van der Waals surface area contributed by atoms with Gasteiger partial charge in [0.2, 0.25) is 0 Å². The second kappa shape index (κ2) is 6.80. The number of rotatable bonds is 4. The SMILES string of the molecule is Cc1cc(-c2cc(Br)ccc2OCC(C)C)c(C#N)c(=O)[nH]1. The van der Waals surface area contributed by atoms with Crippen molar-refractivity contribution in [1.29, 1.82) is 5.26 Å². The van der Waals surface area contributed by atoms with Gasteiger partial charge in [0.25, 0.3) is 5.56 Å². The van der Waals surface area contributed by atoms with Crippen molar-refractivity contribution < 1.29 is 4.74 Å². The summed E-state index contributed by atoms with van der Waals surface area (Å²) in [6.07, 6.45) is 0. The van der Waals surface area contributed by atoms with Crippen LogP contribution in [0.2, 0.25) is 0 Å². The summed E-state index contributed by atoms with van der Waals surface area (Å²) in [6, 6.07) is 9.37. The Morgan fingerprint density at radius 2 is 2.05 bits per heavy atom. The number of halogens is 1. The number of aromatic nitrogens is 1. The number of ether oxygens (including phenoxy) is 1. The molecule has 0 fully saturated rings. The van der Waals surface area contributed by atoms with E-state index in [0.717, 1.165) is 10.0 Å². The largest absolute Gasteiger partial charge is 0.493 e. The van der Waals surface area contributed by atoms with Crippen molar-refractivity contribution in [3.05, 3.63) is 50.3 Å². The molecule has 4 nitrogen and oxygen atoms in total. The fourth-order valence-electron chi connectivity index (χ4n) is 2.11. The summed E-state index contributed by atoms with van der Waals surface area (Å²) >= 11 is 3.43. The van der Waals surface area contributed by atoms with E-state index in [4.69, 9.17) is 4.74 Å². The molecule has 0 saturated heterocycles. The molecule has 5 heteroatoms. The van der Waals surface area contributed by atoms with Gasteiger partial charge in [-0.3, -0.25) is 4.79 Å². The molecule has 0 unspecified atom stereocenters. The smallest absolute Gasteiger partial charge is 0.266 e. The lowest BCUT2D eigenvalue weighted by atomic mass is 10.00. The lowest BCUT2D eigenvalue weighted by Gasteiger charge is -2.15. The zero-order chi connectivity index (χ0) is 16.3. The van der Waals surface area contributed by atoms with Crippen LogP contribution in [0.1, 0.15) is 25.1 Å². The average Bonchev–Trinajstić information content (AvgIpc) is 2.45. The van der Waals surface area contributed by atoms with E-state index in [1.54, 1.807) is 13.0 Å². The van der Waals surface area contributed by atoms with Crippen molar-refractivity contribution in [2.75, 3.05) is 6.61 Å². The molecule has 2 aromatic rings. The fraction of sp³-hybridized carbons (Fsp3) is 0.294. The van der Waals surface area contributed by atoms with Gasteiger partial charge in [-0.25, -0.2) is 0 Å². The predicted octanol–water partition coefficient (Wildman–Crippen LogP) is 4.02. The molecular weight excluding hydrogens is 344 g/mol. The first kappa shape index (κ1) is 16.3. The minimum atomic E-state index is -0.382. The van der Waals surface area contributed by atoms with Gasteiger partial charge in [0.05, 0.1) is 6.61 Å².